The highest BCUT2D eigenvalue weighted by Crippen LogP contribution is 2.29. The molecule has 0 aliphatic carbocycles. The minimum absolute atomic E-state index is 0.135. The second-order valence-electron chi connectivity index (χ2n) is 6.78. The van der Waals surface area contributed by atoms with Crippen molar-refractivity contribution < 1.29 is 14.3 Å². The third-order valence-electron chi connectivity index (χ3n) is 4.76. The van der Waals surface area contributed by atoms with Gasteiger partial charge in [0.15, 0.2) is 6.61 Å². The zero-order valence-electron chi connectivity index (χ0n) is 15.6. The Bertz CT molecular complexity index is 787. The van der Waals surface area contributed by atoms with Crippen LogP contribution in [0.4, 0.5) is 0 Å². The molecule has 0 spiro atoms. The lowest BCUT2D eigenvalue weighted by atomic mass is 9.97. The predicted octanol–water partition coefficient (Wildman–Crippen LogP) is 4.18. The van der Waals surface area contributed by atoms with Crippen molar-refractivity contribution in [2.75, 3.05) is 6.61 Å². The van der Waals surface area contributed by atoms with Crippen LogP contribution < -0.4 is 0 Å². The van der Waals surface area contributed by atoms with Gasteiger partial charge in [-0.05, 0) is 57.4 Å². The summed E-state index contributed by atoms with van der Waals surface area (Å²) in [6, 6.07) is 13.5. The van der Waals surface area contributed by atoms with Gasteiger partial charge in [0, 0.05) is 23.2 Å². The fourth-order valence-electron chi connectivity index (χ4n) is 3.42. The number of esters is 1. The van der Waals surface area contributed by atoms with E-state index in [9.17, 15) is 9.59 Å². The summed E-state index contributed by atoms with van der Waals surface area (Å²) in [6.45, 7) is 3.86. The largest absolute Gasteiger partial charge is 0.452 e. The zero-order chi connectivity index (χ0) is 19.2. The third kappa shape index (κ3) is 4.89. The van der Waals surface area contributed by atoms with Crippen LogP contribution in [0.25, 0.3) is 0 Å². The predicted molar refractivity (Wildman–Crippen MR) is 105 cm³/mol. The molecule has 2 heterocycles. The van der Waals surface area contributed by atoms with Crippen molar-refractivity contribution >= 4 is 23.6 Å². The first-order chi connectivity index (χ1) is 13.1. The maximum absolute atomic E-state index is 12.6. The lowest BCUT2D eigenvalue weighted by Gasteiger charge is -2.38. The topological polar surface area (TPSA) is 59.5 Å². The molecule has 2 atom stereocenters. The molecular weight excluding hydrogens is 360 g/mol. The Morgan fingerprint density at radius 1 is 1.11 bits per heavy atom. The molecule has 1 aromatic carbocycles. The minimum atomic E-state index is -0.521. The van der Waals surface area contributed by atoms with Gasteiger partial charge in [-0.1, -0.05) is 30.0 Å². The number of hydrogen-bond donors (Lipinski definition) is 0. The van der Waals surface area contributed by atoms with Crippen LogP contribution in [0.3, 0.4) is 0 Å². The molecule has 27 heavy (non-hydrogen) atoms. The van der Waals surface area contributed by atoms with Gasteiger partial charge in [-0.25, -0.2) is 9.78 Å². The van der Waals surface area contributed by atoms with Crippen molar-refractivity contribution in [2.24, 2.45) is 0 Å². The Morgan fingerprint density at radius 2 is 1.81 bits per heavy atom. The summed E-state index contributed by atoms with van der Waals surface area (Å²) in [5.74, 6) is -0.656. The van der Waals surface area contributed by atoms with E-state index in [-0.39, 0.29) is 24.6 Å². The molecule has 0 bridgehead atoms. The summed E-state index contributed by atoms with van der Waals surface area (Å²) in [5.41, 5.74) is 0.374. The molecule has 5 nitrogen and oxygen atoms in total. The number of carbonyl (C=O) groups excluding carboxylic acids is 2. The van der Waals surface area contributed by atoms with E-state index < -0.39 is 5.97 Å². The van der Waals surface area contributed by atoms with Gasteiger partial charge in [-0.15, -0.1) is 0 Å². The first kappa shape index (κ1) is 19.4. The number of amides is 1. The first-order valence-electron chi connectivity index (χ1n) is 9.22. The van der Waals surface area contributed by atoms with E-state index >= 15 is 0 Å². The fraction of sp³-hybridized carbons (Fsp3) is 0.381. The van der Waals surface area contributed by atoms with Crippen molar-refractivity contribution in [1.82, 2.24) is 9.88 Å². The summed E-state index contributed by atoms with van der Waals surface area (Å²) in [6.07, 6.45) is 4.75. The van der Waals surface area contributed by atoms with Crippen LogP contribution in [0.1, 0.15) is 43.5 Å². The number of hydrogen-bond acceptors (Lipinski definition) is 5. The number of aromatic nitrogens is 1. The average Bonchev–Trinajstić information content (AvgIpc) is 2.67. The molecular formula is C21H24N2O3S. The first-order valence-corrected chi connectivity index (χ1v) is 10.0. The van der Waals surface area contributed by atoms with Gasteiger partial charge in [0.2, 0.25) is 0 Å². The smallest absolute Gasteiger partial charge is 0.341 e. The van der Waals surface area contributed by atoms with Crippen molar-refractivity contribution in [1.29, 1.82) is 0 Å². The molecule has 1 aliphatic heterocycles. The van der Waals surface area contributed by atoms with Crippen molar-refractivity contribution in [3.05, 3.63) is 54.2 Å². The standard InChI is InChI=1S/C21H24N2O3S/c1-15-8-6-9-16(2)23(15)19(24)14-26-21(25)18-12-7-13-22-20(18)27-17-10-4-3-5-11-17/h3-5,7,10-13,15-16H,6,8-9,14H2,1-2H3/t15-,16-/m0/s1. The normalized spacial score (nSPS) is 19.6. The van der Waals surface area contributed by atoms with Crippen LogP contribution in [-0.4, -0.2) is 40.5 Å². The molecule has 6 heteroatoms. The molecule has 0 unspecified atom stereocenters. The Kier molecular flexibility index (Phi) is 6.50. The van der Waals surface area contributed by atoms with Crippen LogP contribution in [-0.2, 0) is 9.53 Å². The molecule has 1 amide bonds. The van der Waals surface area contributed by atoms with Gasteiger partial charge in [-0.2, -0.15) is 0 Å². The van der Waals surface area contributed by atoms with E-state index in [4.69, 9.17) is 4.74 Å². The molecule has 0 saturated carbocycles. The van der Waals surface area contributed by atoms with Gasteiger partial charge in [-0.3, -0.25) is 4.79 Å². The van der Waals surface area contributed by atoms with E-state index in [0.717, 1.165) is 24.2 Å². The highest BCUT2D eigenvalue weighted by Gasteiger charge is 2.29. The van der Waals surface area contributed by atoms with Gasteiger partial charge in [0.05, 0.1) is 5.56 Å². The lowest BCUT2D eigenvalue weighted by molar-refractivity contribution is -0.140. The average molecular weight is 385 g/mol. The van der Waals surface area contributed by atoms with Crippen LogP contribution in [0.15, 0.2) is 58.6 Å². The van der Waals surface area contributed by atoms with Gasteiger partial charge in [0.1, 0.15) is 5.03 Å². The van der Waals surface area contributed by atoms with Crippen molar-refractivity contribution in [3.63, 3.8) is 0 Å². The number of likely N-dealkylation sites (tertiary alicyclic amines) is 1. The van der Waals surface area contributed by atoms with Gasteiger partial charge >= 0.3 is 5.97 Å². The minimum Gasteiger partial charge on any atom is -0.452 e. The summed E-state index contributed by atoms with van der Waals surface area (Å²) in [5, 5.41) is 0.570. The summed E-state index contributed by atoms with van der Waals surface area (Å²) >= 11 is 1.40. The Balaban J connectivity index is 1.65. The molecule has 0 radical (unpaired) electrons. The number of pyridine rings is 1. The number of carbonyl (C=O) groups is 2. The molecule has 2 aromatic rings. The molecule has 3 rings (SSSR count). The zero-order valence-corrected chi connectivity index (χ0v) is 16.4. The molecule has 0 N–H and O–H groups in total. The van der Waals surface area contributed by atoms with Gasteiger partial charge < -0.3 is 9.64 Å². The Labute approximate surface area is 164 Å². The Morgan fingerprint density at radius 3 is 2.52 bits per heavy atom. The van der Waals surface area contributed by atoms with E-state index in [0.29, 0.717) is 10.6 Å². The monoisotopic (exact) mass is 384 g/mol. The molecule has 1 fully saturated rings. The number of nitrogens with zero attached hydrogens (tertiary/aromatic N) is 2. The summed E-state index contributed by atoms with van der Waals surface area (Å²) < 4.78 is 5.33. The number of ether oxygens (including phenoxy) is 1. The highest BCUT2D eigenvalue weighted by molar-refractivity contribution is 7.99. The van der Waals surface area contributed by atoms with Crippen LogP contribution in [0, 0.1) is 0 Å². The fourth-order valence-corrected chi connectivity index (χ4v) is 4.31. The van der Waals surface area contributed by atoms with Crippen LogP contribution >= 0.6 is 11.8 Å². The number of piperidine rings is 1. The maximum Gasteiger partial charge on any atom is 0.341 e. The maximum atomic E-state index is 12.6. The van der Waals surface area contributed by atoms with Crippen molar-refractivity contribution in [2.45, 2.75) is 55.1 Å². The van der Waals surface area contributed by atoms with Crippen molar-refractivity contribution in [3.8, 4) is 0 Å². The number of benzene rings is 1. The van der Waals surface area contributed by atoms with Crippen LogP contribution in [0.2, 0.25) is 0 Å². The quantitative estimate of drug-likeness (QED) is 0.724. The third-order valence-corrected chi connectivity index (χ3v) is 5.78. The van der Waals surface area contributed by atoms with Crippen LogP contribution in [0.5, 0.6) is 0 Å². The number of rotatable bonds is 5. The van der Waals surface area contributed by atoms with E-state index in [2.05, 4.69) is 4.98 Å². The molecule has 1 saturated heterocycles. The van der Waals surface area contributed by atoms with E-state index in [1.165, 1.54) is 11.8 Å². The molecule has 142 valence electrons. The van der Waals surface area contributed by atoms with E-state index in [1.54, 1.807) is 18.3 Å². The second kappa shape index (κ2) is 9.04. The highest BCUT2D eigenvalue weighted by atomic mass is 32.2. The summed E-state index contributed by atoms with van der Waals surface area (Å²) in [7, 11) is 0. The lowest BCUT2D eigenvalue weighted by Crippen LogP contribution is -2.49. The van der Waals surface area contributed by atoms with Gasteiger partial charge in [0.25, 0.3) is 5.91 Å². The summed E-state index contributed by atoms with van der Waals surface area (Å²) in [4.78, 5) is 32.3. The molecule has 1 aromatic heterocycles. The van der Waals surface area contributed by atoms with E-state index in [1.807, 2.05) is 49.1 Å². The SMILES string of the molecule is C[C@H]1CCC[C@H](C)N1C(=O)COC(=O)c1cccnc1Sc1ccccc1. The Hall–Kier alpha value is -2.34. The second-order valence-corrected chi connectivity index (χ2v) is 7.84. The molecule has 1 aliphatic rings.